The minimum absolute atomic E-state index is 0.129. The van der Waals surface area contributed by atoms with Gasteiger partial charge in [0.1, 0.15) is 5.69 Å². The average molecular weight is 414 g/mol. The molecular formula is C20H13F3N4OS. The van der Waals surface area contributed by atoms with Crippen LogP contribution < -0.4 is 5.32 Å². The number of carbonyl (C=O) groups excluding carboxylic acids is 1. The summed E-state index contributed by atoms with van der Waals surface area (Å²) >= 11 is 1.33. The Bertz CT molecular complexity index is 1220. The fraction of sp³-hybridized carbons (Fsp3) is 0.100. The fourth-order valence-corrected chi connectivity index (χ4v) is 3.48. The number of hydrogen-bond acceptors (Lipinski definition) is 5. The van der Waals surface area contributed by atoms with Crippen LogP contribution in [0.4, 0.5) is 18.3 Å². The molecule has 0 aliphatic heterocycles. The highest BCUT2D eigenvalue weighted by atomic mass is 32.1. The van der Waals surface area contributed by atoms with Gasteiger partial charge in [0, 0.05) is 34.4 Å². The number of hydrogen-bond donors (Lipinski definition) is 1. The molecule has 0 bridgehead atoms. The number of anilines is 1. The molecule has 146 valence electrons. The molecule has 4 rings (SSSR count). The first-order chi connectivity index (χ1) is 13.8. The number of nitrogens with zero attached hydrogens (tertiary/aromatic N) is 3. The van der Waals surface area contributed by atoms with Crippen molar-refractivity contribution in [3.8, 4) is 11.1 Å². The Hall–Kier alpha value is -3.33. The molecule has 0 spiro atoms. The highest BCUT2D eigenvalue weighted by Gasteiger charge is 2.30. The van der Waals surface area contributed by atoms with Crippen LogP contribution in [0.2, 0.25) is 0 Å². The SMILES string of the molecule is Cc1cnc(NC(=O)c2ccc3cncc(-c4cccc(C(F)(F)F)c4)c3n2)s1. The van der Waals surface area contributed by atoms with Crippen LogP contribution in [0, 0.1) is 6.92 Å². The van der Waals surface area contributed by atoms with Crippen LogP contribution >= 0.6 is 11.3 Å². The quantitative estimate of drug-likeness (QED) is 0.492. The molecule has 0 atom stereocenters. The van der Waals surface area contributed by atoms with Crippen molar-refractivity contribution in [1.29, 1.82) is 0 Å². The smallest absolute Gasteiger partial charge is 0.296 e. The van der Waals surface area contributed by atoms with Gasteiger partial charge in [0.2, 0.25) is 0 Å². The number of pyridine rings is 2. The maximum absolute atomic E-state index is 13.1. The summed E-state index contributed by atoms with van der Waals surface area (Å²) in [5.41, 5.74) is 0.485. The Labute approximate surface area is 167 Å². The first-order valence-electron chi connectivity index (χ1n) is 8.47. The molecule has 0 radical (unpaired) electrons. The largest absolute Gasteiger partial charge is 0.416 e. The average Bonchev–Trinajstić information content (AvgIpc) is 3.11. The monoisotopic (exact) mass is 414 g/mol. The van der Waals surface area contributed by atoms with Crippen molar-refractivity contribution in [2.75, 3.05) is 5.32 Å². The molecule has 0 saturated heterocycles. The van der Waals surface area contributed by atoms with Crippen molar-refractivity contribution >= 4 is 33.3 Å². The lowest BCUT2D eigenvalue weighted by molar-refractivity contribution is -0.137. The number of aryl methyl sites for hydroxylation is 1. The third-order valence-electron chi connectivity index (χ3n) is 4.17. The van der Waals surface area contributed by atoms with Crippen LogP contribution in [-0.4, -0.2) is 20.9 Å². The molecule has 29 heavy (non-hydrogen) atoms. The van der Waals surface area contributed by atoms with E-state index in [1.54, 1.807) is 24.5 Å². The Morgan fingerprint density at radius 3 is 2.66 bits per heavy atom. The van der Waals surface area contributed by atoms with Crippen LogP contribution in [0.25, 0.3) is 22.0 Å². The number of halogens is 3. The van der Waals surface area contributed by atoms with Gasteiger partial charge in [-0.2, -0.15) is 13.2 Å². The van der Waals surface area contributed by atoms with Gasteiger partial charge < -0.3 is 0 Å². The molecule has 3 heterocycles. The number of rotatable bonds is 3. The van der Waals surface area contributed by atoms with Gasteiger partial charge >= 0.3 is 6.18 Å². The van der Waals surface area contributed by atoms with Crippen LogP contribution in [-0.2, 0) is 6.18 Å². The Kier molecular flexibility index (Phi) is 4.75. The van der Waals surface area contributed by atoms with Gasteiger partial charge in [0.15, 0.2) is 5.13 Å². The number of amides is 1. The second kappa shape index (κ2) is 7.25. The lowest BCUT2D eigenvalue weighted by Gasteiger charge is -2.11. The standard InChI is InChI=1S/C20H13F3N4OS/c1-11-8-25-19(29-11)27-18(28)16-6-5-13-9-24-10-15(17(13)26-16)12-3-2-4-14(7-12)20(21,22)23/h2-10H,1H3,(H,25,27,28). The van der Waals surface area contributed by atoms with E-state index >= 15 is 0 Å². The topological polar surface area (TPSA) is 67.8 Å². The molecule has 4 aromatic rings. The van der Waals surface area contributed by atoms with Gasteiger partial charge in [-0.25, -0.2) is 9.97 Å². The first kappa shape index (κ1) is 19.0. The molecule has 0 unspecified atom stereocenters. The lowest BCUT2D eigenvalue weighted by Crippen LogP contribution is -2.13. The van der Waals surface area contributed by atoms with E-state index < -0.39 is 17.6 Å². The van der Waals surface area contributed by atoms with Crippen LogP contribution in [0.15, 0.2) is 55.0 Å². The molecule has 0 fully saturated rings. The van der Waals surface area contributed by atoms with Gasteiger partial charge in [-0.05, 0) is 36.8 Å². The van der Waals surface area contributed by atoms with E-state index in [-0.39, 0.29) is 5.69 Å². The van der Waals surface area contributed by atoms with Gasteiger partial charge in [0.25, 0.3) is 5.91 Å². The van der Waals surface area contributed by atoms with Crippen molar-refractivity contribution in [3.05, 3.63) is 71.1 Å². The van der Waals surface area contributed by atoms with Crippen molar-refractivity contribution < 1.29 is 18.0 Å². The number of carbonyl (C=O) groups is 1. The van der Waals surface area contributed by atoms with Gasteiger partial charge in [-0.1, -0.05) is 12.1 Å². The Morgan fingerprint density at radius 2 is 1.93 bits per heavy atom. The summed E-state index contributed by atoms with van der Waals surface area (Å²) in [6, 6.07) is 8.13. The zero-order valence-electron chi connectivity index (χ0n) is 15.0. The van der Waals surface area contributed by atoms with E-state index in [4.69, 9.17) is 0 Å². The number of fused-ring (bicyclic) bond motifs is 1. The zero-order chi connectivity index (χ0) is 20.6. The summed E-state index contributed by atoms with van der Waals surface area (Å²) in [4.78, 5) is 26.0. The minimum Gasteiger partial charge on any atom is -0.296 e. The predicted octanol–water partition coefficient (Wildman–Crippen LogP) is 5.33. The van der Waals surface area contributed by atoms with E-state index in [0.29, 0.717) is 27.2 Å². The number of thiazole rings is 1. The maximum atomic E-state index is 13.1. The van der Waals surface area contributed by atoms with Gasteiger partial charge in [-0.3, -0.25) is 15.1 Å². The van der Waals surface area contributed by atoms with Crippen LogP contribution in [0.5, 0.6) is 0 Å². The summed E-state index contributed by atoms with van der Waals surface area (Å²) in [7, 11) is 0. The molecule has 0 aliphatic carbocycles. The second-order valence-electron chi connectivity index (χ2n) is 6.26. The number of nitrogens with one attached hydrogen (secondary N) is 1. The van der Waals surface area contributed by atoms with Gasteiger partial charge in [0.05, 0.1) is 11.1 Å². The van der Waals surface area contributed by atoms with E-state index in [2.05, 4.69) is 20.3 Å². The third-order valence-corrected chi connectivity index (χ3v) is 5.00. The molecule has 1 N–H and O–H groups in total. The summed E-state index contributed by atoms with van der Waals surface area (Å²) < 4.78 is 39.3. The van der Waals surface area contributed by atoms with Crippen molar-refractivity contribution in [2.45, 2.75) is 13.1 Å². The van der Waals surface area contributed by atoms with E-state index in [1.807, 2.05) is 6.92 Å². The van der Waals surface area contributed by atoms with Crippen LogP contribution in [0.1, 0.15) is 20.9 Å². The second-order valence-corrected chi connectivity index (χ2v) is 7.50. The number of aromatic nitrogens is 3. The molecule has 3 aromatic heterocycles. The van der Waals surface area contributed by atoms with E-state index in [1.165, 1.54) is 29.7 Å². The zero-order valence-corrected chi connectivity index (χ0v) is 15.8. The van der Waals surface area contributed by atoms with Crippen molar-refractivity contribution in [3.63, 3.8) is 0 Å². The molecular weight excluding hydrogens is 401 g/mol. The Morgan fingerprint density at radius 1 is 1.10 bits per heavy atom. The fourth-order valence-electron chi connectivity index (χ4n) is 2.82. The summed E-state index contributed by atoms with van der Waals surface area (Å²) in [5.74, 6) is -0.451. The maximum Gasteiger partial charge on any atom is 0.416 e. The first-order valence-corrected chi connectivity index (χ1v) is 9.29. The number of benzene rings is 1. The van der Waals surface area contributed by atoms with E-state index in [0.717, 1.165) is 17.0 Å². The highest BCUT2D eigenvalue weighted by Crippen LogP contribution is 2.33. The highest BCUT2D eigenvalue weighted by molar-refractivity contribution is 7.15. The van der Waals surface area contributed by atoms with Gasteiger partial charge in [-0.15, -0.1) is 11.3 Å². The minimum atomic E-state index is -4.46. The number of alkyl halides is 3. The summed E-state index contributed by atoms with van der Waals surface area (Å²) in [6.07, 6.45) is 0.172. The molecule has 0 saturated carbocycles. The van der Waals surface area contributed by atoms with E-state index in [9.17, 15) is 18.0 Å². The molecule has 1 aromatic carbocycles. The van der Waals surface area contributed by atoms with Crippen molar-refractivity contribution in [2.24, 2.45) is 0 Å². The molecule has 5 nitrogen and oxygen atoms in total. The third kappa shape index (κ3) is 3.95. The lowest BCUT2D eigenvalue weighted by atomic mass is 10.0. The molecule has 0 aliphatic rings. The summed E-state index contributed by atoms with van der Waals surface area (Å²) in [6.45, 7) is 1.87. The molecule has 1 amide bonds. The predicted molar refractivity (Wildman–Crippen MR) is 105 cm³/mol. The normalized spacial score (nSPS) is 11.6. The van der Waals surface area contributed by atoms with Crippen LogP contribution in [0.3, 0.4) is 0 Å². The summed E-state index contributed by atoms with van der Waals surface area (Å²) in [5, 5.41) is 3.73. The van der Waals surface area contributed by atoms with Crippen molar-refractivity contribution in [1.82, 2.24) is 15.0 Å². The molecule has 9 heteroatoms. The Balaban J connectivity index is 1.76.